The normalized spacial score (nSPS) is 15.5. The van der Waals surface area contributed by atoms with E-state index < -0.39 is 0 Å². The van der Waals surface area contributed by atoms with Crippen LogP contribution in [0.15, 0.2) is 36.7 Å². The van der Waals surface area contributed by atoms with E-state index in [1.807, 2.05) is 7.05 Å². The van der Waals surface area contributed by atoms with Gasteiger partial charge in [0.25, 0.3) is 0 Å². The number of likely N-dealkylation sites (N-methyl/N-ethyl adjacent to an activating group) is 1. The standard InChI is InChI=1S/C19H27N5O/c1-20-9-10-23-11-13-24(14-12-23)19-18(21-7-8-22-19)17-5-3-16(4-6-17)15-25-2/h3-8,20H,9-15H2,1-2H3. The minimum atomic E-state index is 0.627. The van der Waals surface area contributed by atoms with Crippen LogP contribution in [0.4, 0.5) is 5.82 Å². The molecule has 3 rings (SSSR count). The van der Waals surface area contributed by atoms with Crippen molar-refractivity contribution in [3.8, 4) is 11.3 Å². The Hall–Kier alpha value is -2.02. The molecule has 1 aromatic carbocycles. The van der Waals surface area contributed by atoms with Crippen LogP contribution in [0.1, 0.15) is 5.56 Å². The SMILES string of the molecule is CNCCN1CCN(c2nccnc2-c2ccc(COC)cc2)CC1. The topological polar surface area (TPSA) is 53.5 Å². The Morgan fingerprint density at radius 2 is 1.76 bits per heavy atom. The number of aromatic nitrogens is 2. The fraction of sp³-hybridized carbons (Fsp3) is 0.474. The van der Waals surface area contributed by atoms with Crippen molar-refractivity contribution in [2.24, 2.45) is 0 Å². The number of ether oxygens (including phenoxy) is 1. The molecule has 1 N–H and O–H groups in total. The molecule has 0 saturated carbocycles. The van der Waals surface area contributed by atoms with E-state index in [0.717, 1.165) is 61.9 Å². The Morgan fingerprint density at radius 1 is 1.04 bits per heavy atom. The van der Waals surface area contributed by atoms with Crippen LogP contribution in [0.25, 0.3) is 11.3 Å². The molecule has 0 spiro atoms. The van der Waals surface area contributed by atoms with Crippen molar-refractivity contribution in [1.29, 1.82) is 0 Å². The van der Waals surface area contributed by atoms with Crippen LogP contribution in [0.5, 0.6) is 0 Å². The number of nitrogens with one attached hydrogen (secondary N) is 1. The highest BCUT2D eigenvalue weighted by molar-refractivity contribution is 5.72. The number of piperazine rings is 1. The highest BCUT2D eigenvalue weighted by atomic mass is 16.5. The Kier molecular flexibility index (Phi) is 6.33. The summed E-state index contributed by atoms with van der Waals surface area (Å²) in [5.74, 6) is 0.982. The monoisotopic (exact) mass is 341 g/mol. The molecule has 0 bridgehead atoms. The van der Waals surface area contributed by atoms with Crippen LogP contribution in [0.2, 0.25) is 0 Å². The number of hydrogen-bond acceptors (Lipinski definition) is 6. The lowest BCUT2D eigenvalue weighted by Crippen LogP contribution is -2.48. The van der Waals surface area contributed by atoms with Gasteiger partial charge in [-0.25, -0.2) is 4.98 Å². The molecule has 1 fully saturated rings. The van der Waals surface area contributed by atoms with Crippen molar-refractivity contribution < 1.29 is 4.74 Å². The molecular formula is C19H27N5O. The Balaban J connectivity index is 1.73. The summed E-state index contributed by atoms with van der Waals surface area (Å²) >= 11 is 0. The number of methoxy groups -OCH3 is 1. The fourth-order valence-electron chi connectivity index (χ4n) is 3.14. The smallest absolute Gasteiger partial charge is 0.155 e. The van der Waals surface area contributed by atoms with Gasteiger partial charge >= 0.3 is 0 Å². The second kappa shape index (κ2) is 8.89. The maximum absolute atomic E-state index is 5.19. The third-order valence-electron chi connectivity index (χ3n) is 4.57. The molecule has 1 saturated heterocycles. The first-order valence-corrected chi connectivity index (χ1v) is 8.83. The minimum Gasteiger partial charge on any atom is -0.380 e. The van der Waals surface area contributed by atoms with Crippen molar-refractivity contribution >= 4 is 5.82 Å². The molecule has 2 aromatic rings. The zero-order valence-electron chi connectivity index (χ0n) is 15.1. The van der Waals surface area contributed by atoms with Gasteiger partial charge in [-0.2, -0.15) is 0 Å². The van der Waals surface area contributed by atoms with E-state index >= 15 is 0 Å². The Labute approximate surface area is 149 Å². The third kappa shape index (κ3) is 4.54. The summed E-state index contributed by atoms with van der Waals surface area (Å²) in [6.07, 6.45) is 3.55. The molecule has 0 aliphatic carbocycles. The molecule has 0 unspecified atom stereocenters. The summed E-state index contributed by atoms with van der Waals surface area (Å²) in [7, 11) is 3.71. The van der Waals surface area contributed by atoms with Crippen LogP contribution in [-0.4, -0.2) is 68.3 Å². The van der Waals surface area contributed by atoms with Gasteiger partial charge < -0.3 is 15.0 Å². The fourth-order valence-corrected chi connectivity index (χ4v) is 3.14. The second-order valence-electron chi connectivity index (χ2n) is 6.29. The van der Waals surface area contributed by atoms with Gasteiger partial charge in [-0.15, -0.1) is 0 Å². The zero-order chi connectivity index (χ0) is 17.5. The first kappa shape index (κ1) is 17.8. The third-order valence-corrected chi connectivity index (χ3v) is 4.57. The highest BCUT2D eigenvalue weighted by Crippen LogP contribution is 2.27. The minimum absolute atomic E-state index is 0.627. The predicted molar refractivity (Wildman–Crippen MR) is 101 cm³/mol. The van der Waals surface area contributed by atoms with E-state index in [4.69, 9.17) is 4.74 Å². The van der Waals surface area contributed by atoms with Crippen LogP contribution >= 0.6 is 0 Å². The van der Waals surface area contributed by atoms with Gasteiger partial charge in [0.05, 0.1) is 6.61 Å². The van der Waals surface area contributed by atoms with Crippen molar-refractivity contribution in [2.75, 3.05) is 58.3 Å². The van der Waals surface area contributed by atoms with Gasteiger partial charge in [0.1, 0.15) is 5.69 Å². The summed E-state index contributed by atoms with van der Waals surface area (Å²) in [6.45, 7) is 6.84. The molecular weight excluding hydrogens is 314 g/mol. The predicted octanol–water partition coefficient (Wildman–Crippen LogP) is 1.63. The molecule has 6 heteroatoms. The van der Waals surface area contributed by atoms with Crippen molar-refractivity contribution in [3.05, 3.63) is 42.2 Å². The number of benzene rings is 1. The molecule has 0 amide bonds. The highest BCUT2D eigenvalue weighted by Gasteiger charge is 2.21. The van der Waals surface area contributed by atoms with Crippen molar-refractivity contribution in [2.45, 2.75) is 6.61 Å². The van der Waals surface area contributed by atoms with E-state index in [-0.39, 0.29) is 0 Å². The Bertz CT molecular complexity index is 653. The summed E-state index contributed by atoms with van der Waals surface area (Å²) in [6, 6.07) is 8.38. The molecule has 1 aliphatic rings. The average Bonchev–Trinajstić information content (AvgIpc) is 2.68. The van der Waals surface area contributed by atoms with Crippen molar-refractivity contribution in [3.63, 3.8) is 0 Å². The summed E-state index contributed by atoms with van der Waals surface area (Å²) < 4.78 is 5.19. The zero-order valence-corrected chi connectivity index (χ0v) is 15.1. The summed E-state index contributed by atoms with van der Waals surface area (Å²) in [4.78, 5) is 14.1. The van der Waals surface area contributed by atoms with Gasteiger partial charge in [0.15, 0.2) is 5.82 Å². The first-order valence-electron chi connectivity index (χ1n) is 8.83. The lowest BCUT2D eigenvalue weighted by molar-refractivity contribution is 0.185. The quantitative estimate of drug-likeness (QED) is 0.826. The molecule has 6 nitrogen and oxygen atoms in total. The van der Waals surface area contributed by atoms with E-state index in [2.05, 4.69) is 49.4 Å². The summed E-state index contributed by atoms with van der Waals surface area (Å²) in [5, 5.41) is 3.22. The van der Waals surface area contributed by atoms with Gasteiger partial charge in [0, 0.05) is 64.3 Å². The number of nitrogens with zero attached hydrogens (tertiary/aromatic N) is 4. The molecule has 25 heavy (non-hydrogen) atoms. The second-order valence-corrected chi connectivity index (χ2v) is 6.29. The van der Waals surface area contributed by atoms with Crippen LogP contribution in [0, 0.1) is 0 Å². The number of hydrogen-bond donors (Lipinski definition) is 1. The van der Waals surface area contributed by atoms with E-state index in [0.29, 0.717) is 6.61 Å². The summed E-state index contributed by atoms with van der Waals surface area (Å²) in [5.41, 5.74) is 3.21. The van der Waals surface area contributed by atoms with E-state index in [9.17, 15) is 0 Å². The van der Waals surface area contributed by atoms with Crippen LogP contribution in [0.3, 0.4) is 0 Å². The molecule has 2 heterocycles. The van der Waals surface area contributed by atoms with E-state index in [1.54, 1.807) is 19.5 Å². The van der Waals surface area contributed by atoms with Gasteiger partial charge in [0.2, 0.25) is 0 Å². The molecule has 1 aromatic heterocycles. The molecule has 134 valence electrons. The van der Waals surface area contributed by atoms with Gasteiger partial charge in [-0.1, -0.05) is 24.3 Å². The van der Waals surface area contributed by atoms with Crippen LogP contribution in [-0.2, 0) is 11.3 Å². The van der Waals surface area contributed by atoms with Crippen LogP contribution < -0.4 is 10.2 Å². The van der Waals surface area contributed by atoms with Gasteiger partial charge in [-0.05, 0) is 12.6 Å². The lowest BCUT2D eigenvalue weighted by atomic mass is 10.1. The maximum Gasteiger partial charge on any atom is 0.155 e. The average molecular weight is 341 g/mol. The Morgan fingerprint density at radius 3 is 2.44 bits per heavy atom. The first-order chi connectivity index (χ1) is 12.3. The van der Waals surface area contributed by atoms with Gasteiger partial charge in [-0.3, -0.25) is 9.88 Å². The lowest BCUT2D eigenvalue weighted by Gasteiger charge is -2.35. The number of anilines is 1. The molecule has 1 aliphatic heterocycles. The van der Waals surface area contributed by atoms with Crippen molar-refractivity contribution in [1.82, 2.24) is 20.2 Å². The van der Waals surface area contributed by atoms with E-state index in [1.165, 1.54) is 0 Å². The number of rotatable bonds is 7. The molecule has 0 atom stereocenters. The maximum atomic E-state index is 5.19. The molecule has 0 radical (unpaired) electrons. The largest absolute Gasteiger partial charge is 0.380 e.